The normalized spacial score (nSPS) is 15.1. The summed E-state index contributed by atoms with van der Waals surface area (Å²) in [5.41, 5.74) is 0.982. The lowest BCUT2D eigenvalue weighted by Gasteiger charge is -2.34. The molecule has 1 saturated heterocycles. The Balaban J connectivity index is 1.55. The Morgan fingerprint density at radius 3 is 2.12 bits per heavy atom. The molecular weight excluding hydrogens is 378 g/mol. The van der Waals surface area contributed by atoms with Crippen LogP contribution in [-0.4, -0.2) is 54.2 Å². The minimum Gasteiger partial charge on any atom is -0.336 e. The standard InChI is InChI=1S/C19H17Cl2FN2O2/c20-16-6-3-14(11-17(16)21)19(26)24-9-7-23(8-10-24)12-18(25)13-1-4-15(22)5-2-13/h1-6,11H,7-10,12H2. The average Bonchev–Trinajstić information content (AvgIpc) is 2.64. The van der Waals surface area contributed by atoms with Crippen molar-refractivity contribution in [3.63, 3.8) is 0 Å². The summed E-state index contributed by atoms with van der Waals surface area (Å²) in [5.74, 6) is -0.529. The number of halogens is 3. The maximum absolute atomic E-state index is 12.9. The van der Waals surface area contributed by atoms with Crippen LogP contribution in [-0.2, 0) is 0 Å². The van der Waals surface area contributed by atoms with Crippen molar-refractivity contribution in [1.29, 1.82) is 0 Å². The lowest BCUT2D eigenvalue weighted by Crippen LogP contribution is -2.49. The van der Waals surface area contributed by atoms with Gasteiger partial charge in [-0.3, -0.25) is 14.5 Å². The molecule has 7 heteroatoms. The lowest BCUT2D eigenvalue weighted by atomic mass is 10.1. The molecule has 136 valence electrons. The van der Waals surface area contributed by atoms with E-state index in [1.807, 2.05) is 4.90 Å². The molecule has 0 spiro atoms. The van der Waals surface area contributed by atoms with E-state index in [9.17, 15) is 14.0 Å². The van der Waals surface area contributed by atoms with E-state index in [1.54, 1.807) is 23.1 Å². The number of rotatable bonds is 4. The van der Waals surface area contributed by atoms with Gasteiger partial charge in [-0.25, -0.2) is 4.39 Å². The summed E-state index contributed by atoms with van der Waals surface area (Å²) in [6.45, 7) is 2.49. The van der Waals surface area contributed by atoms with Crippen LogP contribution in [0.25, 0.3) is 0 Å². The van der Waals surface area contributed by atoms with Crippen molar-refractivity contribution in [1.82, 2.24) is 9.80 Å². The average molecular weight is 395 g/mol. The Morgan fingerprint density at radius 2 is 1.50 bits per heavy atom. The number of carbonyl (C=O) groups is 2. The van der Waals surface area contributed by atoms with Crippen LogP contribution in [0.5, 0.6) is 0 Å². The van der Waals surface area contributed by atoms with Crippen molar-refractivity contribution in [3.8, 4) is 0 Å². The zero-order chi connectivity index (χ0) is 18.7. The Morgan fingerprint density at radius 1 is 0.885 bits per heavy atom. The quantitative estimate of drug-likeness (QED) is 0.740. The van der Waals surface area contributed by atoms with E-state index >= 15 is 0 Å². The number of piperazine rings is 1. The van der Waals surface area contributed by atoms with Crippen LogP contribution in [0, 0.1) is 5.82 Å². The van der Waals surface area contributed by atoms with Crippen LogP contribution >= 0.6 is 23.2 Å². The van der Waals surface area contributed by atoms with Gasteiger partial charge < -0.3 is 4.90 Å². The summed E-state index contributed by atoms with van der Waals surface area (Å²) in [6, 6.07) is 10.4. The Bertz CT molecular complexity index is 819. The molecule has 3 rings (SSSR count). The monoisotopic (exact) mass is 394 g/mol. The van der Waals surface area contributed by atoms with E-state index in [4.69, 9.17) is 23.2 Å². The molecule has 1 aliphatic heterocycles. The third-order valence-electron chi connectivity index (χ3n) is 4.36. The first-order chi connectivity index (χ1) is 12.4. The largest absolute Gasteiger partial charge is 0.336 e. The molecule has 4 nitrogen and oxygen atoms in total. The highest BCUT2D eigenvalue weighted by Crippen LogP contribution is 2.23. The van der Waals surface area contributed by atoms with Gasteiger partial charge >= 0.3 is 0 Å². The highest BCUT2D eigenvalue weighted by molar-refractivity contribution is 6.42. The number of ketones is 1. The molecule has 0 N–H and O–H groups in total. The van der Waals surface area contributed by atoms with Gasteiger partial charge in [0.05, 0.1) is 16.6 Å². The summed E-state index contributed by atoms with van der Waals surface area (Å²) in [5, 5.41) is 0.758. The van der Waals surface area contributed by atoms with E-state index in [0.717, 1.165) is 0 Å². The fourth-order valence-corrected chi connectivity index (χ4v) is 3.15. The van der Waals surface area contributed by atoms with Crippen LogP contribution in [0.15, 0.2) is 42.5 Å². The van der Waals surface area contributed by atoms with E-state index in [0.29, 0.717) is 47.4 Å². The topological polar surface area (TPSA) is 40.6 Å². The number of nitrogens with zero attached hydrogens (tertiary/aromatic N) is 2. The van der Waals surface area contributed by atoms with Crippen LogP contribution in [0.1, 0.15) is 20.7 Å². The maximum atomic E-state index is 12.9. The van der Waals surface area contributed by atoms with Crippen LogP contribution < -0.4 is 0 Å². The predicted octanol–water partition coefficient (Wildman–Crippen LogP) is 3.77. The van der Waals surface area contributed by atoms with Crippen molar-refractivity contribution >= 4 is 34.9 Å². The van der Waals surface area contributed by atoms with Gasteiger partial charge in [0, 0.05) is 37.3 Å². The minimum atomic E-state index is -0.365. The Labute approximate surface area is 161 Å². The van der Waals surface area contributed by atoms with Gasteiger partial charge in [-0.1, -0.05) is 23.2 Å². The van der Waals surface area contributed by atoms with E-state index in [2.05, 4.69) is 0 Å². The molecule has 0 bridgehead atoms. The van der Waals surface area contributed by atoms with Gasteiger partial charge in [0.25, 0.3) is 5.91 Å². The van der Waals surface area contributed by atoms with E-state index < -0.39 is 0 Å². The first kappa shape index (κ1) is 18.8. The molecule has 0 radical (unpaired) electrons. The number of hydrogen-bond donors (Lipinski definition) is 0. The number of carbonyl (C=O) groups excluding carboxylic acids is 2. The third-order valence-corrected chi connectivity index (χ3v) is 5.10. The zero-order valence-electron chi connectivity index (χ0n) is 13.9. The molecule has 0 aromatic heterocycles. The lowest BCUT2D eigenvalue weighted by molar-refractivity contribution is 0.0624. The minimum absolute atomic E-state index is 0.0609. The van der Waals surface area contributed by atoms with E-state index in [-0.39, 0.29) is 24.1 Å². The fourth-order valence-electron chi connectivity index (χ4n) is 2.85. The van der Waals surface area contributed by atoms with E-state index in [1.165, 1.54) is 24.3 Å². The summed E-state index contributed by atoms with van der Waals surface area (Å²) in [4.78, 5) is 28.5. The molecule has 1 heterocycles. The first-order valence-corrected chi connectivity index (χ1v) is 8.95. The summed E-state index contributed by atoms with van der Waals surface area (Å²) >= 11 is 11.9. The summed E-state index contributed by atoms with van der Waals surface area (Å²) in [7, 11) is 0. The van der Waals surface area contributed by atoms with Gasteiger partial charge in [-0.15, -0.1) is 0 Å². The number of benzene rings is 2. The number of Topliss-reactive ketones (excluding diaryl/α,β-unsaturated/α-hetero) is 1. The van der Waals surface area contributed by atoms with Gasteiger partial charge in [0.1, 0.15) is 5.82 Å². The van der Waals surface area contributed by atoms with Gasteiger partial charge in [0.2, 0.25) is 0 Å². The SMILES string of the molecule is O=C(CN1CCN(C(=O)c2ccc(Cl)c(Cl)c2)CC1)c1ccc(F)cc1. The van der Waals surface area contributed by atoms with Crippen molar-refractivity contribution in [2.75, 3.05) is 32.7 Å². The maximum Gasteiger partial charge on any atom is 0.253 e. The zero-order valence-corrected chi connectivity index (χ0v) is 15.4. The molecule has 1 amide bonds. The van der Waals surface area contributed by atoms with Crippen molar-refractivity contribution < 1.29 is 14.0 Å². The number of amides is 1. The van der Waals surface area contributed by atoms with Crippen LogP contribution in [0.4, 0.5) is 4.39 Å². The second kappa shape index (κ2) is 8.16. The molecule has 0 atom stereocenters. The van der Waals surface area contributed by atoms with Crippen LogP contribution in [0.2, 0.25) is 10.0 Å². The van der Waals surface area contributed by atoms with Gasteiger partial charge in [-0.05, 0) is 42.5 Å². The molecule has 1 aliphatic rings. The smallest absolute Gasteiger partial charge is 0.253 e. The fraction of sp³-hybridized carbons (Fsp3) is 0.263. The molecule has 0 unspecified atom stereocenters. The molecule has 1 fully saturated rings. The van der Waals surface area contributed by atoms with Crippen molar-refractivity contribution in [3.05, 3.63) is 69.5 Å². The predicted molar refractivity (Wildman–Crippen MR) is 99.5 cm³/mol. The molecule has 2 aromatic rings. The van der Waals surface area contributed by atoms with Gasteiger partial charge in [-0.2, -0.15) is 0 Å². The van der Waals surface area contributed by atoms with Crippen molar-refractivity contribution in [2.45, 2.75) is 0 Å². The summed E-state index contributed by atoms with van der Waals surface area (Å²) in [6.07, 6.45) is 0. The molecule has 26 heavy (non-hydrogen) atoms. The molecule has 2 aromatic carbocycles. The molecule has 0 saturated carbocycles. The van der Waals surface area contributed by atoms with Gasteiger partial charge in [0.15, 0.2) is 5.78 Å². The van der Waals surface area contributed by atoms with Crippen molar-refractivity contribution in [2.24, 2.45) is 0 Å². The highest BCUT2D eigenvalue weighted by Gasteiger charge is 2.24. The second-order valence-electron chi connectivity index (χ2n) is 6.13. The third kappa shape index (κ3) is 4.41. The molecule has 0 aliphatic carbocycles. The summed E-state index contributed by atoms with van der Waals surface area (Å²) < 4.78 is 12.9. The Kier molecular flexibility index (Phi) is 5.91. The second-order valence-corrected chi connectivity index (χ2v) is 6.94. The highest BCUT2D eigenvalue weighted by atomic mass is 35.5. The number of hydrogen-bond acceptors (Lipinski definition) is 3. The first-order valence-electron chi connectivity index (χ1n) is 8.19. The molecular formula is C19H17Cl2FN2O2. The van der Waals surface area contributed by atoms with Crippen LogP contribution in [0.3, 0.4) is 0 Å². The Hall–Kier alpha value is -1.95.